The summed E-state index contributed by atoms with van der Waals surface area (Å²) in [6.07, 6.45) is 6.61. The van der Waals surface area contributed by atoms with Crippen molar-refractivity contribution < 1.29 is 0 Å². The van der Waals surface area contributed by atoms with E-state index in [1.165, 1.54) is 6.20 Å². The van der Waals surface area contributed by atoms with Gasteiger partial charge in [-0.3, -0.25) is 4.99 Å². The quantitative estimate of drug-likeness (QED) is 0.823. The minimum absolute atomic E-state index is 0.228. The van der Waals surface area contributed by atoms with Gasteiger partial charge in [-0.25, -0.2) is 9.50 Å². The predicted octanol–water partition coefficient (Wildman–Crippen LogP) is 1.50. The molecule has 2 N–H and O–H groups in total. The maximum Gasteiger partial charge on any atom is 0.181 e. The fraction of sp³-hybridized carbons (Fsp3) is 0.167. The number of nitriles is 1. The summed E-state index contributed by atoms with van der Waals surface area (Å²) in [5, 5.41) is 12.7. The number of hydrogen-bond donors (Lipinski definition) is 1. The van der Waals surface area contributed by atoms with Crippen LogP contribution in [0.25, 0.3) is 5.65 Å². The smallest absolute Gasteiger partial charge is 0.181 e. The zero-order valence-corrected chi connectivity index (χ0v) is 9.91. The van der Waals surface area contributed by atoms with Crippen LogP contribution in [0, 0.1) is 18.3 Å². The van der Waals surface area contributed by atoms with Gasteiger partial charge in [-0.05, 0) is 24.8 Å². The Morgan fingerprint density at radius 3 is 3.22 bits per heavy atom. The van der Waals surface area contributed by atoms with Crippen LogP contribution >= 0.6 is 0 Å². The number of allylic oxidation sites excluding steroid dienone is 1. The van der Waals surface area contributed by atoms with Gasteiger partial charge in [0.1, 0.15) is 5.69 Å². The molecule has 90 valence electrons. The number of rotatable bonds is 3. The highest BCUT2D eigenvalue weighted by atomic mass is 15.2. The molecular weight excluding hydrogens is 228 g/mol. The molecule has 0 radical (unpaired) electrons. The highest BCUT2D eigenvalue weighted by molar-refractivity contribution is 5.83. The van der Waals surface area contributed by atoms with Crippen LogP contribution in [-0.4, -0.2) is 20.8 Å². The van der Waals surface area contributed by atoms with Crippen molar-refractivity contribution in [1.29, 1.82) is 5.26 Å². The van der Waals surface area contributed by atoms with Crippen molar-refractivity contribution in [1.82, 2.24) is 14.6 Å². The molecular formula is C12H12N6. The molecule has 0 aromatic carbocycles. The number of hydrogen-bond acceptors (Lipinski definition) is 5. The third kappa shape index (κ3) is 2.35. The summed E-state index contributed by atoms with van der Waals surface area (Å²) in [5.41, 5.74) is 8.27. The van der Waals surface area contributed by atoms with E-state index in [-0.39, 0.29) is 6.42 Å². The predicted molar refractivity (Wildman–Crippen MR) is 68.4 cm³/mol. The largest absolute Gasteiger partial charge is 0.404 e. The van der Waals surface area contributed by atoms with Gasteiger partial charge in [0, 0.05) is 18.1 Å². The van der Waals surface area contributed by atoms with Gasteiger partial charge < -0.3 is 5.73 Å². The van der Waals surface area contributed by atoms with E-state index in [1.807, 2.05) is 25.3 Å². The molecule has 0 fully saturated rings. The third-order valence-electron chi connectivity index (χ3n) is 2.36. The first-order chi connectivity index (χ1) is 8.74. The van der Waals surface area contributed by atoms with Gasteiger partial charge in [-0.2, -0.15) is 10.4 Å². The van der Waals surface area contributed by atoms with Gasteiger partial charge in [0.2, 0.25) is 0 Å². The number of aryl methyl sites for hydroxylation is 1. The fourth-order valence-electron chi connectivity index (χ4n) is 1.43. The van der Waals surface area contributed by atoms with Crippen molar-refractivity contribution in [3.63, 3.8) is 0 Å². The Labute approximate surface area is 104 Å². The first-order valence-corrected chi connectivity index (χ1v) is 5.37. The van der Waals surface area contributed by atoms with Gasteiger partial charge in [-0.1, -0.05) is 0 Å². The maximum atomic E-state index is 8.60. The average Bonchev–Trinajstić information content (AvgIpc) is 2.77. The molecule has 0 aliphatic heterocycles. The summed E-state index contributed by atoms with van der Waals surface area (Å²) in [6.45, 7) is 1.90. The minimum atomic E-state index is 0.228. The van der Waals surface area contributed by atoms with E-state index in [1.54, 1.807) is 16.9 Å². The zero-order chi connectivity index (χ0) is 13.0. The summed E-state index contributed by atoms with van der Waals surface area (Å²) in [7, 11) is 0. The van der Waals surface area contributed by atoms with Crippen molar-refractivity contribution in [2.75, 3.05) is 0 Å². The summed E-state index contributed by atoms with van der Waals surface area (Å²) < 4.78 is 1.65. The molecule has 0 unspecified atom stereocenters. The Bertz CT molecular complexity index is 659. The van der Waals surface area contributed by atoms with Crippen LogP contribution < -0.4 is 5.73 Å². The molecule has 0 atom stereocenters. The van der Waals surface area contributed by atoms with Crippen LogP contribution in [0.3, 0.4) is 0 Å². The van der Waals surface area contributed by atoms with Gasteiger partial charge >= 0.3 is 0 Å². The van der Waals surface area contributed by atoms with E-state index < -0.39 is 0 Å². The van der Waals surface area contributed by atoms with E-state index in [2.05, 4.69) is 15.1 Å². The Hall–Kier alpha value is -2.68. The molecule has 6 heteroatoms. The van der Waals surface area contributed by atoms with Crippen LogP contribution in [0.15, 0.2) is 35.2 Å². The molecule has 18 heavy (non-hydrogen) atoms. The monoisotopic (exact) mass is 240 g/mol. The molecule has 6 nitrogen and oxygen atoms in total. The lowest BCUT2D eigenvalue weighted by Crippen LogP contribution is -1.91. The molecule has 0 bridgehead atoms. The standard InChI is InChI=1S/C12H12N6/c1-9-3-5-18-12(17-9)11(8-16-18)15-7-10(6-14)2-4-13/h3,5-8H,2,14H2,1H3. The van der Waals surface area contributed by atoms with Gasteiger partial charge in [0.05, 0.1) is 18.7 Å². The van der Waals surface area contributed by atoms with Crippen LogP contribution in [0.5, 0.6) is 0 Å². The average molecular weight is 240 g/mol. The zero-order valence-electron chi connectivity index (χ0n) is 9.91. The molecule has 2 aromatic heterocycles. The summed E-state index contributed by atoms with van der Waals surface area (Å²) >= 11 is 0. The summed E-state index contributed by atoms with van der Waals surface area (Å²) in [5.74, 6) is 0. The lowest BCUT2D eigenvalue weighted by atomic mass is 10.2. The Morgan fingerprint density at radius 2 is 2.50 bits per heavy atom. The molecule has 0 saturated carbocycles. The molecule has 0 spiro atoms. The Morgan fingerprint density at radius 1 is 1.67 bits per heavy atom. The molecule has 0 aliphatic rings. The second-order valence-corrected chi connectivity index (χ2v) is 3.70. The third-order valence-corrected chi connectivity index (χ3v) is 2.36. The van der Waals surface area contributed by atoms with E-state index in [9.17, 15) is 0 Å². The lowest BCUT2D eigenvalue weighted by Gasteiger charge is -1.95. The SMILES string of the molecule is Cc1ccn2ncc(N=CC(=CN)CC#N)c2n1. The van der Waals surface area contributed by atoms with Crippen LogP contribution in [-0.2, 0) is 0 Å². The topological polar surface area (TPSA) is 92.4 Å². The maximum absolute atomic E-state index is 8.60. The Kier molecular flexibility index (Phi) is 3.34. The summed E-state index contributed by atoms with van der Waals surface area (Å²) in [4.78, 5) is 8.61. The van der Waals surface area contributed by atoms with Crippen LogP contribution in [0.4, 0.5) is 5.69 Å². The number of aromatic nitrogens is 3. The molecule has 2 rings (SSSR count). The van der Waals surface area contributed by atoms with Gasteiger partial charge in [0.15, 0.2) is 5.65 Å². The molecule has 0 saturated heterocycles. The van der Waals surface area contributed by atoms with E-state index >= 15 is 0 Å². The number of nitrogens with zero attached hydrogens (tertiary/aromatic N) is 5. The highest BCUT2D eigenvalue weighted by Crippen LogP contribution is 2.17. The van der Waals surface area contributed by atoms with Crippen molar-refractivity contribution in [2.45, 2.75) is 13.3 Å². The van der Waals surface area contributed by atoms with Crippen molar-refractivity contribution >= 4 is 17.5 Å². The van der Waals surface area contributed by atoms with E-state index in [0.29, 0.717) is 16.9 Å². The van der Waals surface area contributed by atoms with Crippen molar-refractivity contribution in [3.8, 4) is 6.07 Å². The number of aliphatic imine (C=N–C) groups is 1. The highest BCUT2D eigenvalue weighted by Gasteiger charge is 2.03. The van der Waals surface area contributed by atoms with Gasteiger partial charge in [0.25, 0.3) is 0 Å². The van der Waals surface area contributed by atoms with Crippen LogP contribution in [0.1, 0.15) is 12.1 Å². The number of fused-ring (bicyclic) bond motifs is 1. The second kappa shape index (κ2) is 5.10. The minimum Gasteiger partial charge on any atom is -0.404 e. The molecule has 2 heterocycles. The second-order valence-electron chi connectivity index (χ2n) is 3.70. The van der Waals surface area contributed by atoms with Crippen molar-refractivity contribution in [2.24, 2.45) is 10.7 Å². The summed E-state index contributed by atoms with van der Waals surface area (Å²) in [6, 6.07) is 3.89. The van der Waals surface area contributed by atoms with Gasteiger partial charge in [-0.15, -0.1) is 0 Å². The number of nitrogens with two attached hydrogens (primary N) is 1. The molecule has 2 aromatic rings. The fourth-order valence-corrected chi connectivity index (χ4v) is 1.43. The first kappa shape index (κ1) is 11.8. The first-order valence-electron chi connectivity index (χ1n) is 5.37. The van der Waals surface area contributed by atoms with E-state index in [0.717, 1.165) is 5.69 Å². The normalized spacial score (nSPS) is 12.1. The van der Waals surface area contributed by atoms with E-state index in [4.69, 9.17) is 11.0 Å². The molecule has 0 amide bonds. The lowest BCUT2D eigenvalue weighted by molar-refractivity contribution is 0.929. The van der Waals surface area contributed by atoms with Crippen molar-refractivity contribution in [3.05, 3.63) is 35.9 Å². The van der Waals surface area contributed by atoms with Crippen LogP contribution in [0.2, 0.25) is 0 Å². The molecule has 0 aliphatic carbocycles. The Balaban J connectivity index is 2.35.